The molecule has 8 nitrogen and oxygen atoms in total. The Bertz CT molecular complexity index is 442. The van der Waals surface area contributed by atoms with Crippen molar-refractivity contribution in [3.63, 3.8) is 0 Å². The molecule has 1 aliphatic rings. The standard InChI is InChI=1S/C13H25N2O4P.ClH.2H3N/c1-8(2)6-13(15-9(3)16)11-5-4-10(7-12(11)14)20(17,18)19;;;/h4,8,11-13H,5-7,14H2,1-3H3,(H,15,16)(H2,17,18,19);1H;2*1H3/t11-,12-,13-;;;/m0.../s1. The van der Waals surface area contributed by atoms with Gasteiger partial charge in [-0.2, -0.15) is 0 Å². The van der Waals surface area contributed by atoms with E-state index in [1.165, 1.54) is 13.0 Å². The van der Waals surface area contributed by atoms with E-state index in [0.29, 0.717) is 12.3 Å². The summed E-state index contributed by atoms with van der Waals surface area (Å²) in [5, 5.41) is 2.79. The number of quaternary nitrogens is 2. The normalized spacial score (nSPS) is 22.0. The molecule has 140 valence electrons. The number of allylic oxidation sites excluding steroid dienone is 1. The summed E-state index contributed by atoms with van der Waals surface area (Å²) in [5.74, 6) is 0.210. The number of carbonyl (C=O) groups is 1. The minimum absolute atomic E-state index is 0. The van der Waals surface area contributed by atoms with Crippen LogP contribution in [0.2, 0.25) is 0 Å². The molecule has 0 radical (unpaired) electrons. The molecular weight excluding hydrogens is 343 g/mol. The van der Waals surface area contributed by atoms with Gasteiger partial charge in [-0.25, -0.2) is 0 Å². The van der Waals surface area contributed by atoms with Gasteiger partial charge in [0, 0.05) is 19.0 Å². The number of nitrogens with one attached hydrogen (secondary N) is 1. The maximum absolute atomic E-state index is 11.3. The fourth-order valence-corrected chi connectivity index (χ4v) is 3.48. The van der Waals surface area contributed by atoms with E-state index in [2.05, 4.69) is 5.32 Å². The van der Waals surface area contributed by atoms with Crippen LogP contribution >= 0.6 is 20.0 Å². The third-order valence-electron chi connectivity index (χ3n) is 3.60. The van der Waals surface area contributed by atoms with Gasteiger partial charge in [0.1, 0.15) is 0 Å². The highest BCUT2D eigenvalue weighted by Gasteiger charge is 2.31. The van der Waals surface area contributed by atoms with Crippen molar-refractivity contribution in [3.05, 3.63) is 11.4 Å². The topological polar surface area (TPSA) is 191 Å². The molecule has 0 aromatic carbocycles. The maximum atomic E-state index is 11.3. The summed E-state index contributed by atoms with van der Waals surface area (Å²) in [7, 11) is -4.70. The van der Waals surface area contributed by atoms with Crippen LogP contribution in [-0.4, -0.2) is 18.0 Å². The van der Waals surface area contributed by atoms with Crippen molar-refractivity contribution in [2.24, 2.45) is 17.6 Å². The predicted octanol–water partition coefficient (Wildman–Crippen LogP) is 1.25. The largest absolute Gasteiger partial charge is 0.808 e. The molecule has 0 aliphatic heterocycles. The summed E-state index contributed by atoms with van der Waals surface area (Å²) in [4.78, 5) is 33.4. The van der Waals surface area contributed by atoms with Crippen molar-refractivity contribution in [2.75, 3.05) is 0 Å². The van der Waals surface area contributed by atoms with E-state index < -0.39 is 13.6 Å². The van der Waals surface area contributed by atoms with Crippen LogP contribution in [0.3, 0.4) is 0 Å². The van der Waals surface area contributed by atoms with Crippen LogP contribution in [0.5, 0.6) is 0 Å². The summed E-state index contributed by atoms with van der Waals surface area (Å²) in [6.45, 7) is 5.55. The third kappa shape index (κ3) is 8.81. The molecule has 0 fully saturated rings. The van der Waals surface area contributed by atoms with E-state index in [9.17, 15) is 19.1 Å². The van der Waals surface area contributed by atoms with Gasteiger partial charge in [0.05, 0.1) is 0 Å². The number of hydrogen-bond acceptors (Lipinski definition) is 5. The fourth-order valence-electron chi connectivity index (χ4n) is 2.72. The van der Waals surface area contributed by atoms with Crippen LogP contribution in [0.4, 0.5) is 0 Å². The van der Waals surface area contributed by atoms with Crippen molar-refractivity contribution >= 4 is 25.9 Å². The lowest BCUT2D eigenvalue weighted by Crippen LogP contribution is -2.48. The maximum Gasteiger partial charge on any atom is 0.217 e. The number of halogens is 1. The predicted molar refractivity (Wildman–Crippen MR) is 92.7 cm³/mol. The Hall–Kier alpha value is -0.470. The van der Waals surface area contributed by atoms with E-state index in [1.807, 2.05) is 13.8 Å². The highest BCUT2D eigenvalue weighted by Crippen LogP contribution is 2.43. The number of carbonyl (C=O) groups excluding carboxylic acids is 1. The Balaban J connectivity index is -0.00000133. The Kier molecular flexibility index (Phi) is 13.3. The van der Waals surface area contributed by atoms with Crippen LogP contribution in [0, 0.1) is 11.8 Å². The molecule has 0 saturated heterocycles. The quantitative estimate of drug-likeness (QED) is 0.525. The zero-order chi connectivity index (χ0) is 15.5. The number of nitrogens with two attached hydrogens (primary N) is 1. The number of rotatable bonds is 5. The first-order valence-corrected chi connectivity index (χ1v) is 8.39. The SMILES string of the molecule is CC(=O)N[C@@H](CC(C)C)[C@H]1CC=C(P(=O)([O-])[O-])C[C@@H]1N.Cl.[NH4+].[NH4+]. The van der Waals surface area contributed by atoms with Crippen molar-refractivity contribution < 1.29 is 19.1 Å². The molecule has 0 spiro atoms. The summed E-state index contributed by atoms with van der Waals surface area (Å²) in [6, 6.07) is -0.528. The van der Waals surface area contributed by atoms with Crippen LogP contribution in [0.1, 0.15) is 40.0 Å². The molecule has 3 atom stereocenters. The van der Waals surface area contributed by atoms with Gasteiger partial charge in [-0.1, -0.05) is 19.9 Å². The Labute approximate surface area is 144 Å². The molecule has 10 heteroatoms. The zero-order valence-electron chi connectivity index (χ0n) is 14.6. The fraction of sp³-hybridized carbons (Fsp3) is 0.769. The molecule has 23 heavy (non-hydrogen) atoms. The monoisotopic (exact) mass is 374 g/mol. The molecule has 1 amide bonds. The van der Waals surface area contributed by atoms with Gasteiger partial charge in [0.2, 0.25) is 5.91 Å². The number of hydrogen-bond donors (Lipinski definition) is 4. The molecular formula is C13H32ClN4O4P. The van der Waals surface area contributed by atoms with Gasteiger partial charge < -0.3 is 37.7 Å². The van der Waals surface area contributed by atoms with Gasteiger partial charge in [-0.05, 0) is 44.0 Å². The first kappa shape index (κ1) is 27.4. The second kappa shape index (κ2) is 11.1. The Morgan fingerprint density at radius 3 is 2.30 bits per heavy atom. The average molecular weight is 375 g/mol. The third-order valence-corrected chi connectivity index (χ3v) is 4.67. The molecule has 0 heterocycles. The second-order valence-electron chi connectivity index (χ2n) is 5.90. The van der Waals surface area contributed by atoms with E-state index in [0.717, 1.165) is 6.42 Å². The minimum atomic E-state index is -4.70. The summed E-state index contributed by atoms with van der Waals surface area (Å²) in [6.07, 6.45) is 2.70. The molecule has 0 aromatic heterocycles. The molecule has 11 N–H and O–H groups in total. The minimum Gasteiger partial charge on any atom is -0.808 e. The van der Waals surface area contributed by atoms with Crippen molar-refractivity contribution in [1.82, 2.24) is 17.6 Å². The van der Waals surface area contributed by atoms with E-state index in [4.69, 9.17) is 5.73 Å². The van der Waals surface area contributed by atoms with E-state index >= 15 is 0 Å². The highest BCUT2D eigenvalue weighted by molar-refractivity contribution is 7.53. The summed E-state index contributed by atoms with van der Waals surface area (Å²) in [5.41, 5.74) is 6.03. The van der Waals surface area contributed by atoms with Gasteiger partial charge in [0.15, 0.2) is 0 Å². The van der Waals surface area contributed by atoms with Crippen LogP contribution in [0.25, 0.3) is 0 Å². The second-order valence-corrected chi connectivity index (χ2v) is 7.47. The molecule has 0 saturated carbocycles. The lowest BCUT2D eigenvalue weighted by Gasteiger charge is -2.41. The average Bonchev–Trinajstić information content (AvgIpc) is 2.25. The first-order valence-electron chi connectivity index (χ1n) is 6.85. The smallest absolute Gasteiger partial charge is 0.217 e. The lowest BCUT2D eigenvalue weighted by molar-refractivity contribution is -0.310. The van der Waals surface area contributed by atoms with Crippen LogP contribution in [0.15, 0.2) is 11.4 Å². The van der Waals surface area contributed by atoms with Crippen molar-refractivity contribution in [1.29, 1.82) is 0 Å². The van der Waals surface area contributed by atoms with E-state index in [1.54, 1.807) is 0 Å². The first-order chi connectivity index (χ1) is 9.11. The van der Waals surface area contributed by atoms with Gasteiger partial charge in [-0.15, -0.1) is 12.4 Å². The molecule has 1 rings (SSSR count). The van der Waals surface area contributed by atoms with Gasteiger partial charge >= 0.3 is 0 Å². The van der Waals surface area contributed by atoms with Crippen LogP contribution < -0.4 is 33.1 Å². The lowest BCUT2D eigenvalue weighted by atomic mass is 9.80. The Morgan fingerprint density at radius 1 is 1.43 bits per heavy atom. The van der Waals surface area contributed by atoms with Crippen molar-refractivity contribution in [2.45, 2.75) is 52.1 Å². The number of amides is 1. The Morgan fingerprint density at radius 2 is 1.96 bits per heavy atom. The molecule has 0 aromatic rings. The zero-order valence-corrected chi connectivity index (χ0v) is 16.3. The highest BCUT2D eigenvalue weighted by atomic mass is 35.5. The summed E-state index contributed by atoms with van der Waals surface area (Å²) < 4.78 is 11.0. The van der Waals surface area contributed by atoms with E-state index in [-0.39, 0.29) is 54.3 Å². The summed E-state index contributed by atoms with van der Waals surface area (Å²) >= 11 is 0. The molecule has 1 aliphatic carbocycles. The van der Waals surface area contributed by atoms with Gasteiger partial charge in [-0.3, -0.25) is 4.79 Å². The molecule has 0 unspecified atom stereocenters. The molecule has 0 bridgehead atoms. The van der Waals surface area contributed by atoms with Crippen LogP contribution in [-0.2, 0) is 9.36 Å². The van der Waals surface area contributed by atoms with Gasteiger partial charge in [0.25, 0.3) is 0 Å². The van der Waals surface area contributed by atoms with Crippen molar-refractivity contribution in [3.8, 4) is 0 Å².